The van der Waals surface area contributed by atoms with Gasteiger partial charge in [-0.15, -0.1) is 0 Å². The van der Waals surface area contributed by atoms with Crippen molar-refractivity contribution in [3.8, 4) is 22.3 Å². The van der Waals surface area contributed by atoms with Crippen molar-refractivity contribution < 1.29 is 0 Å². The van der Waals surface area contributed by atoms with Gasteiger partial charge in [0.25, 0.3) is 0 Å². The van der Waals surface area contributed by atoms with Crippen molar-refractivity contribution in [1.29, 1.82) is 0 Å². The van der Waals surface area contributed by atoms with Gasteiger partial charge in [-0.1, -0.05) is 92.9 Å². The van der Waals surface area contributed by atoms with E-state index in [4.69, 9.17) is 0 Å². The summed E-state index contributed by atoms with van der Waals surface area (Å²) in [5.41, 5.74) is 10.2. The summed E-state index contributed by atoms with van der Waals surface area (Å²) in [6, 6.07) is 24.6. The molecule has 0 radical (unpaired) electrons. The molecule has 1 aliphatic carbocycles. The molecule has 3 aromatic rings. The molecule has 1 aliphatic rings. The second-order valence-electron chi connectivity index (χ2n) is 7.94. The number of rotatable bonds is 4. The minimum absolute atomic E-state index is 0.697. The highest BCUT2D eigenvalue weighted by atomic mass is 14.3. The molecule has 138 valence electrons. The van der Waals surface area contributed by atoms with E-state index in [-0.39, 0.29) is 0 Å². The van der Waals surface area contributed by atoms with E-state index >= 15 is 0 Å². The summed E-state index contributed by atoms with van der Waals surface area (Å²) in [7, 11) is 0. The first-order valence-corrected chi connectivity index (χ1v) is 10.6. The Labute approximate surface area is 164 Å². The molecule has 1 saturated carbocycles. The largest absolute Gasteiger partial charge is 0.0622 e. The van der Waals surface area contributed by atoms with E-state index < -0.39 is 0 Å². The molecular formula is C27H30. The summed E-state index contributed by atoms with van der Waals surface area (Å²) >= 11 is 0. The van der Waals surface area contributed by atoms with E-state index in [1.807, 2.05) is 0 Å². The zero-order valence-electron chi connectivity index (χ0n) is 16.7. The average Bonchev–Trinajstić information content (AvgIpc) is 2.74. The van der Waals surface area contributed by atoms with Gasteiger partial charge in [0.1, 0.15) is 0 Å². The fourth-order valence-electron chi connectivity index (χ4n) is 4.94. The summed E-state index contributed by atoms with van der Waals surface area (Å²) in [6.45, 7) is 4.63. The van der Waals surface area contributed by atoms with Crippen LogP contribution in [0.3, 0.4) is 0 Å². The van der Waals surface area contributed by atoms with Crippen LogP contribution in [-0.2, 0) is 6.42 Å². The zero-order valence-corrected chi connectivity index (χ0v) is 16.7. The lowest BCUT2D eigenvalue weighted by atomic mass is 9.75. The molecule has 0 saturated heterocycles. The molecule has 0 spiro atoms. The van der Waals surface area contributed by atoms with Gasteiger partial charge >= 0.3 is 0 Å². The maximum absolute atomic E-state index is 2.47. The van der Waals surface area contributed by atoms with Crippen molar-refractivity contribution in [2.45, 2.75) is 58.3 Å². The Morgan fingerprint density at radius 2 is 1.30 bits per heavy atom. The SMILES string of the molecule is CCc1cc(C)c(C2CCCCC2)c(-c2ccccc2)c1-c1ccccc1. The van der Waals surface area contributed by atoms with Crippen LogP contribution < -0.4 is 0 Å². The third-order valence-electron chi connectivity index (χ3n) is 6.18. The molecule has 0 nitrogen and oxygen atoms in total. The van der Waals surface area contributed by atoms with Crippen molar-refractivity contribution in [3.63, 3.8) is 0 Å². The number of aryl methyl sites for hydroxylation is 2. The van der Waals surface area contributed by atoms with Gasteiger partial charge in [0.2, 0.25) is 0 Å². The van der Waals surface area contributed by atoms with Gasteiger partial charge in [0.05, 0.1) is 0 Å². The fraction of sp³-hybridized carbons (Fsp3) is 0.333. The Morgan fingerprint density at radius 3 is 1.85 bits per heavy atom. The van der Waals surface area contributed by atoms with Crippen LogP contribution >= 0.6 is 0 Å². The van der Waals surface area contributed by atoms with Crippen LogP contribution in [0.4, 0.5) is 0 Å². The maximum atomic E-state index is 2.47. The van der Waals surface area contributed by atoms with Crippen molar-refractivity contribution in [2.75, 3.05) is 0 Å². The Balaban J connectivity index is 2.04. The minimum Gasteiger partial charge on any atom is -0.0622 e. The van der Waals surface area contributed by atoms with Crippen LogP contribution in [0, 0.1) is 6.92 Å². The predicted molar refractivity (Wildman–Crippen MR) is 117 cm³/mol. The first-order valence-electron chi connectivity index (χ1n) is 10.6. The lowest BCUT2D eigenvalue weighted by Gasteiger charge is -2.29. The summed E-state index contributed by atoms with van der Waals surface area (Å²) in [6.07, 6.45) is 7.87. The predicted octanol–water partition coefficient (Wildman–Crippen LogP) is 7.94. The Kier molecular flexibility index (Phi) is 5.43. The molecule has 0 heterocycles. The Bertz CT molecular complexity index is 884. The number of hydrogen-bond donors (Lipinski definition) is 0. The molecule has 0 heteroatoms. The van der Waals surface area contributed by atoms with E-state index in [0.29, 0.717) is 5.92 Å². The second-order valence-corrected chi connectivity index (χ2v) is 7.94. The van der Waals surface area contributed by atoms with Crippen LogP contribution in [-0.4, -0.2) is 0 Å². The van der Waals surface area contributed by atoms with Gasteiger partial charge in [-0.05, 0) is 71.0 Å². The van der Waals surface area contributed by atoms with E-state index in [2.05, 4.69) is 80.6 Å². The van der Waals surface area contributed by atoms with Gasteiger partial charge in [0.15, 0.2) is 0 Å². The van der Waals surface area contributed by atoms with Crippen LogP contribution in [0.25, 0.3) is 22.3 Å². The molecule has 0 unspecified atom stereocenters. The lowest BCUT2D eigenvalue weighted by Crippen LogP contribution is -2.10. The molecule has 1 fully saturated rings. The van der Waals surface area contributed by atoms with E-state index in [9.17, 15) is 0 Å². The minimum atomic E-state index is 0.697. The molecule has 0 aliphatic heterocycles. The van der Waals surface area contributed by atoms with Crippen molar-refractivity contribution in [1.82, 2.24) is 0 Å². The number of benzene rings is 3. The number of hydrogen-bond acceptors (Lipinski definition) is 0. The molecule has 27 heavy (non-hydrogen) atoms. The molecule has 3 aromatic carbocycles. The second kappa shape index (κ2) is 8.13. The monoisotopic (exact) mass is 354 g/mol. The first kappa shape index (κ1) is 18.0. The van der Waals surface area contributed by atoms with Crippen LogP contribution in [0.5, 0.6) is 0 Å². The highest BCUT2D eigenvalue weighted by Gasteiger charge is 2.25. The van der Waals surface area contributed by atoms with Crippen LogP contribution in [0.15, 0.2) is 66.7 Å². The van der Waals surface area contributed by atoms with Gasteiger partial charge in [-0.3, -0.25) is 0 Å². The fourth-order valence-corrected chi connectivity index (χ4v) is 4.94. The summed E-state index contributed by atoms with van der Waals surface area (Å²) in [5.74, 6) is 0.697. The van der Waals surface area contributed by atoms with Gasteiger partial charge < -0.3 is 0 Å². The summed E-state index contributed by atoms with van der Waals surface area (Å²) in [5, 5.41) is 0. The van der Waals surface area contributed by atoms with Crippen molar-refractivity contribution >= 4 is 0 Å². The highest BCUT2D eigenvalue weighted by molar-refractivity contribution is 5.89. The van der Waals surface area contributed by atoms with Gasteiger partial charge in [0, 0.05) is 0 Å². The van der Waals surface area contributed by atoms with E-state index in [1.165, 1.54) is 65.5 Å². The highest BCUT2D eigenvalue weighted by Crippen LogP contribution is 2.46. The molecule has 4 rings (SSSR count). The third-order valence-corrected chi connectivity index (χ3v) is 6.18. The average molecular weight is 355 g/mol. The molecule has 0 atom stereocenters. The maximum Gasteiger partial charge on any atom is -0.00651 e. The first-order chi connectivity index (χ1) is 13.3. The van der Waals surface area contributed by atoms with Crippen molar-refractivity contribution in [2.24, 2.45) is 0 Å². The van der Waals surface area contributed by atoms with E-state index in [0.717, 1.165) is 6.42 Å². The summed E-state index contributed by atoms with van der Waals surface area (Å²) in [4.78, 5) is 0. The smallest absolute Gasteiger partial charge is 0.00651 e. The van der Waals surface area contributed by atoms with Gasteiger partial charge in [-0.2, -0.15) is 0 Å². The molecule has 0 bridgehead atoms. The molecular weight excluding hydrogens is 324 g/mol. The summed E-state index contributed by atoms with van der Waals surface area (Å²) < 4.78 is 0. The van der Waals surface area contributed by atoms with Crippen LogP contribution in [0.1, 0.15) is 61.6 Å². The van der Waals surface area contributed by atoms with E-state index in [1.54, 1.807) is 5.56 Å². The normalized spacial score (nSPS) is 15.0. The Morgan fingerprint density at radius 1 is 0.741 bits per heavy atom. The lowest BCUT2D eigenvalue weighted by molar-refractivity contribution is 0.443. The van der Waals surface area contributed by atoms with Crippen molar-refractivity contribution in [3.05, 3.63) is 83.4 Å². The molecule has 0 aromatic heterocycles. The standard InChI is InChI=1S/C27H30/c1-3-21-19-20(2)25(22-13-7-4-8-14-22)27(24-17-11-6-12-18-24)26(21)23-15-9-5-10-16-23/h5-6,9-12,15-19,22H,3-4,7-8,13-14H2,1-2H3. The molecule has 0 amide bonds. The zero-order chi connectivity index (χ0) is 18.6. The molecule has 0 N–H and O–H groups in total. The topological polar surface area (TPSA) is 0 Å². The quantitative estimate of drug-likeness (QED) is 0.446. The Hall–Kier alpha value is -2.34. The third kappa shape index (κ3) is 3.58. The van der Waals surface area contributed by atoms with Crippen LogP contribution in [0.2, 0.25) is 0 Å². The van der Waals surface area contributed by atoms with Gasteiger partial charge in [-0.25, -0.2) is 0 Å².